The van der Waals surface area contributed by atoms with Gasteiger partial charge in [0.15, 0.2) is 0 Å². The molecule has 0 aromatic heterocycles. The molecule has 3 nitrogen and oxygen atoms in total. The van der Waals surface area contributed by atoms with Gasteiger partial charge in [0.05, 0.1) is 5.92 Å². The number of rotatable bonds is 2. The van der Waals surface area contributed by atoms with Crippen LogP contribution in [0.3, 0.4) is 0 Å². The normalized spacial score (nSPS) is 38.8. The Labute approximate surface area is 60.4 Å². The lowest BCUT2D eigenvalue weighted by Gasteiger charge is -2.39. The minimum absolute atomic E-state index is 0.162. The summed E-state index contributed by atoms with van der Waals surface area (Å²) in [5, 5.41) is 11.6. The molecule has 3 atom stereocenters. The zero-order valence-corrected chi connectivity index (χ0v) is 6.29. The van der Waals surface area contributed by atoms with Crippen LogP contribution in [-0.4, -0.2) is 24.2 Å². The van der Waals surface area contributed by atoms with Crippen LogP contribution in [0.5, 0.6) is 0 Å². The summed E-state index contributed by atoms with van der Waals surface area (Å²) in [6, 6.07) is 0.201. The number of carbonyl (C=O) groups is 1. The van der Waals surface area contributed by atoms with E-state index in [0.29, 0.717) is 5.92 Å². The molecule has 0 radical (unpaired) electrons. The van der Waals surface area contributed by atoms with E-state index in [9.17, 15) is 4.79 Å². The summed E-state index contributed by atoms with van der Waals surface area (Å²) in [7, 11) is 1.81. The Morgan fingerprint density at radius 3 is 2.50 bits per heavy atom. The van der Waals surface area contributed by atoms with Gasteiger partial charge in [0.1, 0.15) is 0 Å². The lowest BCUT2D eigenvalue weighted by Crippen LogP contribution is -2.51. The van der Waals surface area contributed by atoms with Crippen molar-refractivity contribution in [1.82, 2.24) is 5.32 Å². The molecule has 1 aliphatic carbocycles. The number of hydrogen-bond donors (Lipinski definition) is 2. The number of aliphatic carboxylic acids is 1. The second kappa shape index (κ2) is 2.58. The third kappa shape index (κ3) is 1.01. The highest BCUT2D eigenvalue weighted by Crippen LogP contribution is 2.33. The van der Waals surface area contributed by atoms with Crippen molar-refractivity contribution >= 4 is 5.97 Å². The van der Waals surface area contributed by atoms with Gasteiger partial charge >= 0.3 is 5.97 Å². The molecule has 3 heteroatoms. The molecule has 2 N–H and O–H groups in total. The topological polar surface area (TPSA) is 49.3 Å². The van der Waals surface area contributed by atoms with Crippen LogP contribution < -0.4 is 5.32 Å². The van der Waals surface area contributed by atoms with Crippen molar-refractivity contribution in [2.24, 2.45) is 11.8 Å². The van der Waals surface area contributed by atoms with Gasteiger partial charge in [-0.3, -0.25) is 4.79 Å². The second-order valence-electron chi connectivity index (χ2n) is 2.97. The number of carboxylic acid groups (broad SMARTS) is 1. The molecule has 0 spiro atoms. The summed E-state index contributed by atoms with van der Waals surface area (Å²) in [6.45, 7) is 1.98. The summed E-state index contributed by atoms with van der Waals surface area (Å²) in [5.74, 6) is -0.488. The average molecular weight is 143 g/mol. The van der Waals surface area contributed by atoms with Gasteiger partial charge in [-0.2, -0.15) is 0 Å². The molecule has 1 rings (SSSR count). The van der Waals surface area contributed by atoms with E-state index in [1.807, 2.05) is 14.0 Å². The van der Waals surface area contributed by atoms with Crippen LogP contribution in [0.4, 0.5) is 0 Å². The molecule has 58 valence electrons. The molecule has 0 aliphatic heterocycles. The predicted molar refractivity (Wildman–Crippen MR) is 37.8 cm³/mol. The predicted octanol–water partition coefficient (Wildman–Crippen LogP) is 0.315. The van der Waals surface area contributed by atoms with Crippen molar-refractivity contribution in [3.8, 4) is 0 Å². The van der Waals surface area contributed by atoms with Gasteiger partial charge in [0.25, 0.3) is 0 Å². The molecule has 0 aromatic carbocycles. The number of carboxylic acids is 1. The molecule has 1 aliphatic rings. The highest BCUT2D eigenvalue weighted by atomic mass is 16.4. The van der Waals surface area contributed by atoms with Crippen molar-refractivity contribution in [2.75, 3.05) is 7.05 Å². The van der Waals surface area contributed by atoms with Gasteiger partial charge < -0.3 is 10.4 Å². The van der Waals surface area contributed by atoms with E-state index in [0.717, 1.165) is 6.42 Å². The summed E-state index contributed by atoms with van der Waals surface area (Å²) in [6.07, 6.45) is 0.994. The molecule has 3 unspecified atom stereocenters. The summed E-state index contributed by atoms with van der Waals surface area (Å²) in [5.41, 5.74) is 0. The molecular formula is C7H13NO2. The smallest absolute Gasteiger partial charge is 0.308 e. The van der Waals surface area contributed by atoms with Gasteiger partial charge in [-0.15, -0.1) is 0 Å². The summed E-state index contributed by atoms with van der Waals surface area (Å²) < 4.78 is 0. The summed E-state index contributed by atoms with van der Waals surface area (Å²) >= 11 is 0. The fraction of sp³-hybridized carbons (Fsp3) is 0.857. The maximum atomic E-state index is 10.5. The van der Waals surface area contributed by atoms with Crippen LogP contribution in [-0.2, 0) is 4.79 Å². The Hall–Kier alpha value is -0.570. The fourth-order valence-corrected chi connectivity index (χ4v) is 1.61. The van der Waals surface area contributed by atoms with Gasteiger partial charge in [-0.05, 0) is 19.4 Å². The molecule has 0 bridgehead atoms. The van der Waals surface area contributed by atoms with Gasteiger partial charge in [0, 0.05) is 6.04 Å². The molecule has 10 heavy (non-hydrogen) atoms. The van der Waals surface area contributed by atoms with E-state index in [4.69, 9.17) is 5.11 Å². The molecular weight excluding hydrogens is 130 g/mol. The first-order chi connectivity index (χ1) is 4.66. The third-order valence-corrected chi connectivity index (χ3v) is 2.33. The first kappa shape index (κ1) is 7.54. The van der Waals surface area contributed by atoms with Gasteiger partial charge in [0.2, 0.25) is 0 Å². The lowest BCUT2D eigenvalue weighted by atomic mass is 9.70. The van der Waals surface area contributed by atoms with E-state index < -0.39 is 5.97 Å². The lowest BCUT2D eigenvalue weighted by molar-refractivity contribution is -0.149. The van der Waals surface area contributed by atoms with Crippen molar-refractivity contribution < 1.29 is 9.90 Å². The van der Waals surface area contributed by atoms with Crippen LogP contribution in [0, 0.1) is 11.8 Å². The Balaban J connectivity index is 2.48. The molecule has 0 aromatic rings. The van der Waals surface area contributed by atoms with Crippen molar-refractivity contribution in [3.05, 3.63) is 0 Å². The van der Waals surface area contributed by atoms with Crippen LogP contribution in [0.15, 0.2) is 0 Å². The number of nitrogens with one attached hydrogen (secondary N) is 1. The average Bonchev–Trinajstić information content (AvgIpc) is 1.80. The Bertz CT molecular complexity index is 147. The van der Waals surface area contributed by atoms with Gasteiger partial charge in [-0.1, -0.05) is 6.92 Å². The van der Waals surface area contributed by atoms with Crippen LogP contribution in [0.25, 0.3) is 0 Å². The van der Waals surface area contributed by atoms with Crippen LogP contribution >= 0.6 is 0 Å². The van der Waals surface area contributed by atoms with E-state index in [1.165, 1.54) is 0 Å². The monoisotopic (exact) mass is 143 g/mol. The zero-order chi connectivity index (χ0) is 7.72. The van der Waals surface area contributed by atoms with Crippen LogP contribution in [0.1, 0.15) is 13.3 Å². The van der Waals surface area contributed by atoms with E-state index >= 15 is 0 Å². The largest absolute Gasteiger partial charge is 0.481 e. The highest BCUT2D eigenvalue weighted by molar-refractivity contribution is 5.72. The van der Waals surface area contributed by atoms with Crippen molar-refractivity contribution in [1.29, 1.82) is 0 Å². The van der Waals surface area contributed by atoms with Gasteiger partial charge in [-0.25, -0.2) is 0 Å². The minimum atomic E-state index is -0.668. The second-order valence-corrected chi connectivity index (χ2v) is 2.97. The highest BCUT2D eigenvalue weighted by Gasteiger charge is 2.41. The molecule has 1 fully saturated rings. The quantitative estimate of drug-likeness (QED) is 0.585. The Morgan fingerprint density at radius 2 is 2.30 bits per heavy atom. The minimum Gasteiger partial charge on any atom is -0.481 e. The fourth-order valence-electron chi connectivity index (χ4n) is 1.61. The Kier molecular flexibility index (Phi) is 1.94. The first-order valence-electron chi connectivity index (χ1n) is 3.57. The van der Waals surface area contributed by atoms with E-state index in [1.54, 1.807) is 0 Å². The Morgan fingerprint density at radius 1 is 1.70 bits per heavy atom. The maximum Gasteiger partial charge on any atom is 0.308 e. The van der Waals surface area contributed by atoms with Crippen molar-refractivity contribution in [3.63, 3.8) is 0 Å². The SMILES string of the molecule is CNC1CC(C)C1C(=O)O. The molecule has 0 amide bonds. The number of hydrogen-bond acceptors (Lipinski definition) is 2. The third-order valence-electron chi connectivity index (χ3n) is 2.33. The molecule has 0 saturated heterocycles. The van der Waals surface area contributed by atoms with Crippen molar-refractivity contribution in [2.45, 2.75) is 19.4 Å². The zero-order valence-electron chi connectivity index (χ0n) is 6.29. The molecule has 0 heterocycles. The van der Waals surface area contributed by atoms with Crippen LogP contribution in [0.2, 0.25) is 0 Å². The van der Waals surface area contributed by atoms with E-state index in [2.05, 4.69) is 5.32 Å². The standard InChI is InChI=1S/C7H13NO2/c1-4-3-5(8-2)6(4)7(9)10/h4-6,8H,3H2,1-2H3,(H,9,10). The first-order valence-corrected chi connectivity index (χ1v) is 3.57. The maximum absolute atomic E-state index is 10.5. The van der Waals surface area contributed by atoms with E-state index in [-0.39, 0.29) is 12.0 Å². The summed E-state index contributed by atoms with van der Waals surface area (Å²) in [4.78, 5) is 10.5. The molecule has 1 saturated carbocycles.